The third kappa shape index (κ3) is 7.30. The number of carbonyl (C=O) groups is 1. The number of ether oxygens (including phenoxy) is 1. The van der Waals surface area contributed by atoms with Gasteiger partial charge in [-0.2, -0.15) is 0 Å². The van der Waals surface area contributed by atoms with Crippen molar-refractivity contribution in [3.63, 3.8) is 0 Å². The lowest BCUT2D eigenvalue weighted by Gasteiger charge is -2.34. The Kier molecular flexibility index (Phi) is 8.80. The number of nitrogens with one attached hydrogen (secondary N) is 1. The third-order valence-electron chi connectivity index (χ3n) is 5.88. The summed E-state index contributed by atoms with van der Waals surface area (Å²) in [5.74, 6) is 1.66. The normalized spacial score (nSPS) is 19.0. The van der Waals surface area contributed by atoms with Crippen LogP contribution in [0, 0.1) is 5.92 Å². The first-order valence-electron chi connectivity index (χ1n) is 11.0. The lowest BCUT2D eigenvalue weighted by molar-refractivity contribution is -0.127. The second kappa shape index (κ2) is 11.6. The molecule has 1 aliphatic heterocycles. The van der Waals surface area contributed by atoms with Crippen molar-refractivity contribution in [2.45, 2.75) is 51.0 Å². The van der Waals surface area contributed by atoms with E-state index in [1.54, 1.807) is 30.3 Å². The molecule has 1 aromatic heterocycles. The van der Waals surface area contributed by atoms with Crippen molar-refractivity contribution in [3.8, 4) is 0 Å². The molecule has 1 aromatic rings. The molecule has 3 rings (SSSR count). The van der Waals surface area contributed by atoms with E-state index in [0.717, 1.165) is 57.4 Å². The summed E-state index contributed by atoms with van der Waals surface area (Å²) in [7, 11) is 3.55. The van der Waals surface area contributed by atoms with Gasteiger partial charge in [-0.15, -0.1) is 11.3 Å². The van der Waals surface area contributed by atoms with Crippen LogP contribution in [0.2, 0.25) is 0 Å². The van der Waals surface area contributed by atoms with E-state index in [1.807, 2.05) is 0 Å². The van der Waals surface area contributed by atoms with Gasteiger partial charge in [0, 0.05) is 45.2 Å². The molecule has 1 amide bonds. The van der Waals surface area contributed by atoms with E-state index in [-0.39, 0.29) is 12.5 Å². The van der Waals surface area contributed by atoms with E-state index in [1.165, 1.54) is 30.6 Å². The number of rotatable bonds is 8. The Hall–Kier alpha value is -1.60. The second-order valence-corrected chi connectivity index (χ2v) is 9.39. The van der Waals surface area contributed by atoms with Crippen LogP contribution in [0.1, 0.15) is 43.4 Å². The molecule has 2 fully saturated rings. The van der Waals surface area contributed by atoms with Crippen LogP contribution in [0.5, 0.6) is 0 Å². The minimum Gasteiger partial charge on any atom is -0.378 e. The van der Waals surface area contributed by atoms with Gasteiger partial charge >= 0.3 is 0 Å². The fourth-order valence-electron chi connectivity index (χ4n) is 3.99. The van der Waals surface area contributed by atoms with Crippen molar-refractivity contribution in [2.75, 3.05) is 46.9 Å². The van der Waals surface area contributed by atoms with E-state index in [9.17, 15) is 4.79 Å². The van der Waals surface area contributed by atoms with Gasteiger partial charge in [-0.1, -0.05) is 18.9 Å². The summed E-state index contributed by atoms with van der Waals surface area (Å²) in [6.07, 6.45) is 8.80. The van der Waals surface area contributed by atoms with E-state index >= 15 is 0 Å². The molecule has 0 unspecified atom stereocenters. The Morgan fingerprint density at radius 2 is 2.03 bits per heavy atom. The first-order chi connectivity index (χ1) is 14.1. The van der Waals surface area contributed by atoms with E-state index in [0.29, 0.717) is 6.10 Å². The molecule has 1 N–H and O–H groups in total. The molecule has 1 aliphatic carbocycles. The molecule has 0 aromatic carbocycles. The largest absolute Gasteiger partial charge is 0.378 e. The van der Waals surface area contributed by atoms with E-state index in [2.05, 4.69) is 32.7 Å². The average Bonchev–Trinajstić information content (AvgIpc) is 3.43. The van der Waals surface area contributed by atoms with Crippen LogP contribution in [-0.2, 0) is 16.0 Å². The van der Waals surface area contributed by atoms with Gasteiger partial charge in [0.05, 0.1) is 6.10 Å². The van der Waals surface area contributed by atoms with Gasteiger partial charge in [0.15, 0.2) is 5.96 Å². The Morgan fingerprint density at radius 1 is 1.28 bits per heavy atom. The Labute approximate surface area is 179 Å². The standard InChI is InChI=1S/C22H36N4O2S/c1-25(2)21(27)16-24-22(23-12-9-20-8-5-15-29-20)26-13-10-19(11-14-26)28-17-18-6-3-4-7-18/h5,8,15,18-19H,3-4,6-7,9-14,16-17H2,1-2H3,(H,23,24). The van der Waals surface area contributed by atoms with Crippen molar-refractivity contribution < 1.29 is 9.53 Å². The van der Waals surface area contributed by atoms with Gasteiger partial charge in [0.2, 0.25) is 5.91 Å². The van der Waals surface area contributed by atoms with Crippen molar-refractivity contribution in [3.05, 3.63) is 22.4 Å². The number of guanidine groups is 1. The first kappa shape index (κ1) is 22.1. The Morgan fingerprint density at radius 3 is 2.69 bits per heavy atom. The number of hydrogen-bond donors (Lipinski definition) is 1. The van der Waals surface area contributed by atoms with Crippen LogP contribution in [0.4, 0.5) is 0 Å². The van der Waals surface area contributed by atoms with Gasteiger partial charge in [0.1, 0.15) is 6.54 Å². The molecule has 7 heteroatoms. The molecule has 6 nitrogen and oxygen atoms in total. The monoisotopic (exact) mass is 420 g/mol. The molecular formula is C22H36N4O2S. The minimum absolute atomic E-state index is 0.0253. The predicted molar refractivity (Wildman–Crippen MR) is 120 cm³/mol. The molecule has 2 aliphatic rings. The number of likely N-dealkylation sites (N-methyl/N-ethyl adjacent to an activating group) is 1. The van der Waals surface area contributed by atoms with Crippen LogP contribution in [0.3, 0.4) is 0 Å². The summed E-state index contributed by atoms with van der Waals surface area (Å²) in [4.78, 5) is 21.9. The molecular weight excluding hydrogens is 384 g/mol. The van der Waals surface area contributed by atoms with E-state index in [4.69, 9.17) is 4.74 Å². The number of likely N-dealkylation sites (tertiary alicyclic amines) is 1. The van der Waals surface area contributed by atoms with Crippen molar-refractivity contribution in [2.24, 2.45) is 10.9 Å². The van der Waals surface area contributed by atoms with Crippen LogP contribution in [0.25, 0.3) is 0 Å². The number of nitrogens with zero attached hydrogens (tertiary/aromatic N) is 3. The minimum atomic E-state index is 0.0253. The number of aliphatic imine (C=N–C) groups is 1. The van der Waals surface area contributed by atoms with Gasteiger partial charge in [0.25, 0.3) is 0 Å². The molecule has 162 valence electrons. The fraction of sp³-hybridized carbons (Fsp3) is 0.727. The van der Waals surface area contributed by atoms with Crippen LogP contribution in [-0.4, -0.2) is 74.7 Å². The summed E-state index contributed by atoms with van der Waals surface area (Å²) in [6.45, 7) is 3.80. The molecule has 2 heterocycles. The quantitative estimate of drug-likeness (QED) is 0.519. The summed E-state index contributed by atoms with van der Waals surface area (Å²) in [5, 5.41) is 5.59. The van der Waals surface area contributed by atoms with Crippen LogP contribution >= 0.6 is 11.3 Å². The average molecular weight is 421 g/mol. The lowest BCUT2D eigenvalue weighted by Crippen LogP contribution is -2.48. The maximum absolute atomic E-state index is 12.0. The maximum atomic E-state index is 12.0. The predicted octanol–water partition coefficient (Wildman–Crippen LogP) is 3.00. The third-order valence-corrected chi connectivity index (χ3v) is 6.82. The summed E-state index contributed by atoms with van der Waals surface area (Å²) in [6, 6.07) is 4.24. The van der Waals surface area contributed by atoms with Gasteiger partial charge in [-0.25, -0.2) is 4.99 Å². The fourth-order valence-corrected chi connectivity index (χ4v) is 4.70. The summed E-state index contributed by atoms with van der Waals surface area (Å²) >= 11 is 1.78. The highest BCUT2D eigenvalue weighted by atomic mass is 32.1. The van der Waals surface area contributed by atoms with Gasteiger partial charge in [-0.05, 0) is 49.5 Å². The second-order valence-electron chi connectivity index (χ2n) is 8.35. The summed E-state index contributed by atoms with van der Waals surface area (Å²) in [5.41, 5.74) is 0. The molecule has 0 bridgehead atoms. The van der Waals surface area contributed by atoms with Crippen molar-refractivity contribution >= 4 is 23.2 Å². The smallest absolute Gasteiger partial charge is 0.243 e. The van der Waals surface area contributed by atoms with Crippen molar-refractivity contribution in [1.82, 2.24) is 15.1 Å². The van der Waals surface area contributed by atoms with Gasteiger partial charge < -0.3 is 19.9 Å². The van der Waals surface area contributed by atoms with Crippen molar-refractivity contribution in [1.29, 1.82) is 0 Å². The SMILES string of the molecule is CN(C)C(=O)CN=C(NCCc1cccs1)N1CCC(OCC2CCCC2)CC1. The number of piperidine rings is 1. The molecule has 0 radical (unpaired) electrons. The van der Waals surface area contributed by atoms with E-state index < -0.39 is 0 Å². The molecule has 29 heavy (non-hydrogen) atoms. The summed E-state index contributed by atoms with van der Waals surface area (Å²) < 4.78 is 6.21. The number of carbonyl (C=O) groups excluding carboxylic acids is 1. The number of hydrogen-bond acceptors (Lipinski definition) is 4. The van der Waals surface area contributed by atoms with Crippen LogP contribution < -0.4 is 5.32 Å². The highest BCUT2D eigenvalue weighted by molar-refractivity contribution is 7.09. The molecule has 1 saturated heterocycles. The topological polar surface area (TPSA) is 57.2 Å². The zero-order valence-electron chi connectivity index (χ0n) is 17.9. The number of amides is 1. The molecule has 1 saturated carbocycles. The zero-order valence-corrected chi connectivity index (χ0v) is 18.8. The van der Waals surface area contributed by atoms with Gasteiger partial charge in [-0.3, -0.25) is 4.79 Å². The first-order valence-corrected chi connectivity index (χ1v) is 11.9. The van der Waals surface area contributed by atoms with Crippen LogP contribution in [0.15, 0.2) is 22.5 Å². The lowest BCUT2D eigenvalue weighted by atomic mass is 10.1. The maximum Gasteiger partial charge on any atom is 0.243 e. The highest BCUT2D eigenvalue weighted by Crippen LogP contribution is 2.26. The Balaban J connectivity index is 1.48. The molecule has 0 spiro atoms. The highest BCUT2D eigenvalue weighted by Gasteiger charge is 2.24. The molecule has 0 atom stereocenters. The zero-order chi connectivity index (χ0) is 20.5. The number of thiophene rings is 1. The Bertz CT molecular complexity index is 633.